The van der Waals surface area contributed by atoms with E-state index in [9.17, 15) is 9.59 Å². The van der Waals surface area contributed by atoms with Crippen molar-refractivity contribution in [3.8, 4) is 11.5 Å². The van der Waals surface area contributed by atoms with Gasteiger partial charge in [-0.1, -0.05) is 40.9 Å². The first-order valence-corrected chi connectivity index (χ1v) is 12.4. The molecule has 0 saturated heterocycles. The first-order valence-electron chi connectivity index (χ1n) is 11.6. The minimum Gasteiger partial charge on any atom is -0.497 e. The molecular weight excluding hydrogens is 484 g/mol. The Hall–Kier alpha value is -2.54. The highest BCUT2D eigenvalue weighted by Gasteiger charge is 2.28. The normalized spacial score (nSPS) is 14.5. The number of halogens is 1. The summed E-state index contributed by atoms with van der Waals surface area (Å²) >= 11 is 3.45. The molecule has 0 spiro atoms. The number of hydrogen-bond donors (Lipinski definition) is 1. The maximum Gasteiger partial charge on any atom is 0.242 e. The van der Waals surface area contributed by atoms with E-state index in [1.54, 1.807) is 12.0 Å². The predicted molar refractivity (Wildman–Crippen MR) is 132 cm³/mol. The van der Waals surface area contributed by atoms with Gasteiger partial charge in [0.05, 0.1) is 13.7 Å². The Balaban J connectivity index is 1.57. The highest BCUT2D eigenvalue weighted by molar-refractivity contribution is 9.10. The lowest BCUT2D eigenvalue weighted by Crippen LogP contribution is -2.49. The summed E-state index contributed by atoms with van der Waals surface area (Å²) in [5.74, 6) is 1.37. The molecule has 1 N–H and O–H groups in total. The van der Waals surface area contributed by atoms with Crippen LogP contribution in [0, 0.1) is 0 Å². The van der Waals surface area contributed by atoms with Gasteiger partial charge in [-0.05, 0) is 68.1 Å². The van der Waals surface area contributed by atoms with E-state index < -0.39 is 6.04 Å². The van der Waals surface area contributed by atoms with Crippen molar-refractivity contribution >= 4 is 27.7 Å². The van der Waals surface area contributed by atoms with Crippen LogP contribution in [0.3, 0.4) is 0 Å². The molecule has 0 heterocycles. The molecule has 7 heteroatoms. The summed E-state index contributed by atoms with van der Waals surface area (Å²) in [6, 6.07) is 14.9. The van der Waals surface area contributed by atoms with Crippen LogP contribution >= 0.6 is 15.9 Å². The van der Waals surface area contributed by atoms with Crippen molar-refractivity contribution in [2.45, 2.75) is 64.1 Å². The van der Waals surface area contributed by atoms with Crippen molar-refractivity contribution in [2.75, 3.05) is 13.7 Å². The fourth-order valence-corrected chi connectivity index (χ4v) is 4.25. The molecule has 0 aliphatic heterocycles. The van der Waals surface area contributed by atoms with Crippen LogP contribution in [0.2, 0.25) is 0 Å². The van der Waals surface area contributed by atoms with Crippen LogP contribution < -0.4 is 14.8 Å². The van der Waals surface area contributed by atoms with Gasteiger partial charge in [0.2, 0.25) is 11.8 Å². The number of carbonyl (C=O) groups is 2. The number of hydrogen-bond acceptors (Lipinski definition) is 4. The molecule has 0 bridgehead atoms. The quantitative estimate of drug-likeness (QED) is 0.422. The lowest BCUT2D eigenvalue weighted by Gasteiger charge is -2.30. The molecule has 6 nitrogen and oxygen atoms in total. The fourth-order valence-electron chi connectivity index (χ4n) is 3.99. The largest absolute Gasteiger partial charge is 0.497 e. The number of benzene rings is 2. The van der Waals surface area contributed by atoms with E-state index in [1.165, 1.54) is 0 Å². The minimum absolute atomic E-state index is 0.0506. The van der Waals surface area contributed by atoms with E-state index in [0.29, 0.717) is 26.0 Å². The van der Waals surface area contributed by atoms with Crippen molar-refractivity contribution in [1.82, 2.24) is 10.2 Å². The minimum atomic E-state index is -0.538. The lowest BCUT2D eigenvalue weighted by molar-refractivity contribution is -0.141. The van der Waals surface area contributed by atoms with E-state index in [-0.39, 0.29) is 17.9 Å². The van der Waals surface area contributed by atoms with Crippen molar-refractivity contribution in [2.24, 2.45) is 0 Å². The van der Waals surface area contributed by atoms with Crippen molar-refractivity contribution in [3.05, 3.63) is 58.6 Å². The molecule has 2 aromatic carbocycles. The van der Waals surface area contributed by atoms with Gasteiger partial charge in [-0.15, -0.1) is 0 Å². The molecule has 3 rings (SSSR count). The third-order valence-electron chi connectivity index (χ3n) is 6.00. The summed E-state index contributed by atoms with van der Waals surface area (Å²) in [6.45, 7) is 2.63. The molecule has 0 radical (unpaired) electrons. The smallest absolute Gasteiger partial charge is 0.242 e. The maximum absolute atomic E-state index is 13.2. The summed E-state index contributed by atoms with van der Waals surface area (Å²) in [5.41, 5.74) is 0.988. The number of methoxy groups -OCH3 is 1. The molecule has 1 aliphatic carbocycles. The molecule has 178 valence electrons. The zero-order chi connectivity index (χ0) is 23.6. The standard InChI is InChI=1S/C26H33BrN2O4/c1-19(26(31)28-22-6-3-4-7-22)29(18-20-9-11-21(27)12-10-20)25(30)8-5-17-33-24-15-13-23(32-2)14-16-24/h9-16,19,22H,3-8,17-18H2,1-2H3,(H,28,31). The number of carbonyl (C=O) groups excluding carboxylic acids is 2. The molecule has 2 amide bonds. The van der Waals surface area contributed by atoms with Gasteiger partial charge in [0, 0.05) is 23.5 Å². The molecule has 1 aliphatic rings. The Morgan fingerprint density at radius 1 is 1.06 bits per heavy atom. The van der Waals surface area contributed by atoms with Gasteiger partial charge >= 0.3 is 0 Å². The van der Waals surface area contributed by atoms with Gasteiger partial charge in [0.15, 0.2) is 0 Å². The van der Waals surface area contributed by atoms with Crippen molar-refractivity contribution in [1.29, 1.82) is 0 Å². The second-order valence-corrected chi connectivity index (χ2v) is 9.36. The van der Waals surface area contributed by atoms with Crippen LogP contribution in [0.5, 0.6) is 11.5 Å². The second kappa shape index (κ2) is 12.6. The molecule has 0 aromatic heterocycles. The first-order chi connectivity index (χ1) is 16.0. The van der Waals surface area contributed by atoms with Gasteiger partial charge in [0.25, 0.3) is 0 Å². The summed E-state index contributed by atoms with van der Waals surface area (Å²) in [4.78, 5) is 27.7. The summed E-state index contributed by atoms with van der Waals surface area (Å²) in [7, 11) is 1.62. The van der Waals surface area contributed by atoms with Gasteiger partial charge in [-0.25, -0.2) is 0 Å². The summed E-state index contributed by atoms with van der Waals surface area (Å²) in [6.07, 6.45) is 5.21. The molecule has 1 unspecified atom stereocenters. The number of amides is 2. The lowest BCUT2D eigenvalue weighted by atomic mass is 10.1. The number of ether oxygens (including phenoxy) is 2. The topological polar surface area (TPSA) is 67.9 Å². The third-order valence-corrected chi connectivity index (χ3v) is 6.53. The van der Waals surface area contributed by atoms with Crippen LogP contribution in [-0.2, 0) is 16.1 Å². The molecule has 1 atom stereocenters. The average Bonchev–Trinajstić information content (AvgIpc) is 3.34. The van der Waals surface area contributed by atoms with E-state index in [1.807, 2.05) is 55.5 Å². The highest BCUT2D eigenvalue weighted by Crippen LogP contribution is 2.20. The second-order valence-electron chi connectivity index (χ2n) is 8.44. The average molecular weight is 517 g/mol. The predicted octanol–water partition coefficient (Wildman–Crippen LogP) is 5.09. The fraction of sp³-hybridized carbons (Fsp3) is 0.462. The highest BCUT2D eigenvalue weighted by atomic mass is 79.9. The first kappa shape index (κ1) is 25.1. The van der Waals surface area contributed by atoms with E-state index in [2.05, 4.69) is 21.2 Å². The summed E-state index contributed by atoms with van der Waals surface area (Å²) < 4.78 is 11.9. The Bertz CT molecular complexity index is 896. The SMILES string of the molecule is COc1ccc(OCCCC(=O)N(Cc2ccc(Br)cc2)C(C)C(=O)NC2CCCC2)cc1. The Morgan fingerprint density at radius 3 is 2.33 bits per heavy atom. The van der Waals surface area contributed by atoms with E-state index >= 15 is 0 Å². The van der Waals surface area contributed by atoms with Crippen LogP contribution in [0.1, 0.15) is 51.0 Å². The molecule has 2 aromatic rings. The Labute approximate surface area is 204 Å². The Kier molecular flexibility index (Phi) is 9.61. The summed E-state index contributed by atoms with van der Waals surface area (Å²) in [5, 5.41) is 3.13. The van der Waals surface area contributed by atoms with Crippen molar-refractivity contribution < 1.29 is 19.1 Å². The molecule has 33 heavy (non-hydrogen) atoms. The van der Waals surface area contributed by atoms with E-state index in [4.69, 9.17) is 9.47 Å². The van der Waals surface area contributed by atoms with Crippen LogP contribution in [-0.4, -0.2) is 42.5 Å². The number of rotatable bonds is 11. The third kappa shape index (κ3) is 7.77. The molecule has 1 fully saturated rings. The maximum atomic E-state index is 13.2. The van der Waals surface area contributed by atoms with Crippen LogP contribution in [0.15, 0.2) is 53.0 Å². The van der Waals surface area contributed by atoms with Crippen molar-refractivity contribution in [3.63, 3.8) is 0 Å². The zero-order valence-corrected chi connectivity index (χ0v) is 21.0. The van der Waals surface area contributed by atoms with E-state index in [0.717, 1.165) is 47.2 Å². The molecular formula is C26H33BrN2O4. The Morgan fingerprint density at radius 2 is 1.70 bits per heavy atom. The number of nitrogens with zero attached hydrogens (tertiary/aromatic N) is 1. The van der Waals surface area contributed by atoms with Gasteiger partial charge in [-0.2, -0.15) is 0 Å². The van der Waals surface area contributed by atoms with Gasteiger partial charge in [0.1, 0.15) is 17.5 Å². The van der Waals surface area contributed by atoms with Crippen LogP contribution in [0.25, 0.3) is 0 Å². The number of nitrogens with one attached hydrogen (secondary N) is 1. The van der Waals surface area contributed by atoms with Crippen LogP contribution in [0.4, 0.5) is 0 Å². The monoisotopic (exact) mass is 516 g/mol. The van der Waals surface area contributed by atoms with Gasteiger partial charge in [-0.3, -0.25) is 9.59 Å². The van der Waals surface area contributed by atoms with Gasteiger partial charge < -0.3 is 19.7 Å². The molecule has 1 saturated carbocycles. The zero-order valence-electron chi connectivity index (χ0n) is 19.4.